The van der Waals surface area contributed by atoms with Crippen LogP contribution in [0.1, 0.15) is 0 Å². The maximum atomic E-state index is 13.5. The van der Waals surface area contributed by atoms with E-state index in [9.17, 15) is 22.4 Å². The molecule has 0 bridgehead atoms. The van der Waals surface area contributed by atoms with Crippen LogP contribution in [-0.2, 0) is 0 Å². The van der Waals surface area contributed by atoms with Gasteiger partial charge in [0.2, 0.25) is 0 Å². The first kappa shape index (κ1) is 20.4. The van der Waals surface area contributed by atoms with Gasteiger partial charge in [0.25, 0.3) is 0 Å². The molecule has 0 aliphatic carbocycles. The van der Waals surface area contributed by atoms with Crippen molar-refractivity contribution in [3.05, 3.63) is 78.9 Å². The summed E-state index contributed by atoms with van der Waals surface area (Å²) in [6, 6.07) is 15.6. The van der Waals surface area contributed by atoms with Crippen LogP contribution in [0, 0.1) is 5.82 Å². The number of hydrogen-bond donors (Lipinski definition) is 2. The number of rotatable bonds is 4. The Bertz CT molecular complexity index is 1250. The number of nitrogens with one attached hydrogen (secondary N) is 2. The van der Waals surface area contributed by atoms with Gasteiger partial charge in [-0.3, -0.25) is 4.40 Å². The Labute approximate surface area is 174 Å². The first-order chi connectivity index (χ1) is 14.8. The zero-order valence-corrected chi connectivity index (χ0v) is 15.9. The highest BCUT2D eigenvalue weighted by molar-refractivity contribution is 5.90. The fourth-order valence-corrected chi connectivity index (χ4v) is 3.15. The summed E-state index contributed by atoms with van der Waals surface area (Å²) >= 11 is 0. The number of alkyl halides is 3. The molecule has 2 heterocycles. The summed E-state index contributed by atoms with van der Waals surface area (Å²) in [4.78, 5) is 16.1. The molecule has 0 atom stereocenters. The minimum absolute atomic E-state index is 0.329. The number of pyridine rings is 1. The third-order valence-electron chi connectivity index (χ3n) is 4.54. The lowest BCUT2D eigenvalue weighted by Gasteiger charge is -2.11. The minimum atomic E-state index is -4.49. The number of benzene rings is 2. The van der Waals surface area contributed by atoms with Crippen LogP contribution >= 0.6 is 0 Å². The molecule has 0 saturated heterocycles. The van der Waals surface area contributed by atoms with Crippen LogP contribution in [0.4, 0.5) is 28.0 Å². The van der Waals surface area contributed by atoms with Gasteiger partial charge in [-0.2, -0.15) is 13.2 Å². The molecule has 0 saturated carbocycles. The predicted molar refractivity (Wildman–Crippen MR) is 109 cm³/mol. The number of aromatic nitrogens is 2. The van der Waals surface area contributed by atoms with E-state index in [-0.39, 0.29) is 5.82 Å². The summed E-state index contributed by atoms with van der Waals surface area (Å²) in [6.45, 7) is -1.42. The molecule has 0 fully saturated rings. The van der Waals surface area contributed by atoms with Crippen molar-refractivity contribution in [1.29, 1.82) is 0 Å². The van der Waals surface area contributed by atoms with Crippen LogP contribution in [0.25, 0.3) is 28.0 Å². The Morgan fingerprint density at radius 1 is 0.968 bits per heavy atom. The van der Waals surface area contributed by atoms with Crippen molar-refractivity contribution in [2.24, 2.45) is 0 Å². The van der Waals surface area contributed by atoms with Crippen LogP contribution < -0.4 is 10.6 Å². The summed E-state index contributed by atoms with van der Waals surface area (Å²) < 4.78 is 52.1. The largest absolute Gasteiger partial charge is 0.405 e. The number of amides is 2. The maximum Gasteiger partial charge on any atom is 0.405 e. The van der Waals surface area contributed by atoms with Gasteiger partial charge in [0.05, 0.1) is 11.9 Å². The number of hydrogen-bond acceptors (Lipinski definition) is 2. The smallest absolute Gasteiger partial charge is 0.329 e. The second kappa shape index (κ2) is 8.10. The molecule has 158 valence electrons. The topological polar surface area (TPSA) is 58.4 Å². The predicted octanol–water partition coefficient (Wildman–Crippen LogP) is 5.49. The van der Waals surface area contributed by atoms with E-state index in [1.807, 2.05) is 16.5 Å². The molecular weight excluding hydrogens is 412 g/mol. The number of fused-ring (bicyclic) bond motifs is 1. The molecule has 0 unspecified atom stereocenters. The van der Waals surface area contributed by atoms with Crippen molar-refractivity contribution >= 4 is 17.4 Å². The van der Waals surface area contributed by atoms with Crippen molar-refractivity contribution in [1.82, 2.24) is 14.7 Å². The molecule has 2 aromatic carbocycles. The normalized spacial score (nSPS) is 11.5. The van der Waals surface area contributed by atoms with Gasteiger partial charge in [-0.15, -0.1) is 0 Å². The average molecular weight is 428 g/mol. The molecule has 2 amide bonds. The summed E-state index contributed by atoms with van der Waals surface area (Å²) in [6.07, 6.45) is -1.04. The first-order valence-electron chi connectivity index (χ1n) is 9.24. The van der Waals surface area contributed by atoms with Crippen LogP contribution in [0.5, 0.6) is 0 Å². The van der Waals surface area contributed by atoms with Gasteiger partial charge in [-0.1, -0.05) is 24.3 Å². The van der Waals surface area contributed by atoms with Gasteiger partial charge >= 0.3 is 12.2 Å². The Morgan fingerprint density at radius 2 is 1.71 bits per heavy atom. The second-order valence-corrected chi connectivity index (χ2v) is 6.80. The molecule has 0 radical (unpaired) electrons. The minimum Gasteiger partial charge on any atom is -0.329 e. The molecule has 2 aromatic heterocycles. The van der Waals surface area contributed by atoms with Gasteiger partial charge in [0.15, 0.2) is 0 Å². The summed E-state index contributed by atoms with van der Waals surface area (Å²) in [5.74, 6) is -0.329. The van der Waals surface area contributed by atoms with Crippen LogP contribution in [0.2, 0.25) is 0 Å². The van der Waals surface area contributed by atoms with Gasteiger partial charge in [-0.05, 0) is 47.5 Å². The fourth-order valence-electron chi connectivity index (χ4n) is 3.15. The van der Waals surface area contributed by atoms with E-state index in [0.29, 0.717) is 16.9 Å². The summed E-state index contributed by atoms with van der Waals surface area (Å²) in [5, 5.41) is 4.15. The van der Waals surface area contributed by atoms with Crippen molar-refractivity contribution in [3.63, 3.8) is 0 Å². The molecule has 0 spiro atoms. The van der Waals surface area contributed by atoms with E-state index in [1.165, 1.54) is 12.1 Å². The van der Waals surface area contributed by atoms with Crippen molar-refractivity contribution in [3.8, 4) is 22.4 Å². The molecule has 5 nitrogen and oxygen atoms in total. The Hall–Kier alpha value is -3.88. The number of anilines is 1. The van der Waals surface area contributed by atoms with E-state index >= 15 is 0 Å². The third-order valence-corrected chi connectivity index (χ3v) is 4.54. The van der Waals surface area contributed by atoms with Crippen LogP contribution in [0.15, 0.2) is 73.1 Å². The van der Waals surface area contributed by atoms with Crippen LogP contribution in [0.3, 0.4) is 0 Å². The van der Waals surface area contributed by atoms with Crippen molar-refractivity contribution in [2.75, 3.05) is 11.9 Å². The lowest BCUT2D eigenvalue weighted by molar-refractivity contribution is -0.122. The highest BCUT2D eigenvalue weighted by Gasteiger charge is 2.27. The Kier molecular flexibility index (Phi) is 5.33. The number of carbonyl (C=O) groups excluding carboxylic acids is 1. The van der Waals surface area contributed by atoms with Crippen molar-refractivity contribution in [2.45, 2.75) is 6.18 Å². The SMILES string of the molecule is O=C(NCC(F)(F)F)Nc1cccc(-c2cnc3cc(-c4cccc(F)c4)ccn23)c1. The summed E-state index contributed by atoms with van der Waals surface area (Å²) in [5.41, 5.74) is 3.94. The summed E-state index contributed by atoms with van der Waals surface area (Å²) in [7, 11) is 0. The molecule has 4 aromatic rings. The van der Waals surface area contributed by atoms with Gasteiger partial charge in [0, 0.05) is 17.4 Å². The lowest BCUT2D eigenvalue weighted by Crippen LogP contribution is -2.36. The quantitative estimate of drug-likeness (QED) is 0.422. The van der Waals surface area contributed by atoms with Gasteiger partial charge in [0.1, 0.15) is 18.0 Å². The molecule has 31 heavy (non-hydrogen) atoms. The molecule has 0 aliphatic rings. The van der Waals surface area contributed by atoms with Gasteiger partial charge in [-0.25, -0.2) is 14.2 Å². The number of urea groups is 1. The van der Waals surface area contributed by atoms with E-state index in [0.717, 1.165) is 16.8 Å². The average Bonchev–Trinajstić information content (AvgIpc) is 3.15. The first-order valence-corrected chi connectivity index (χ1v) is 9.24. The lowest BCUT2D eigenvalue weighted by atomic mass is 10.1. The monoisotopic (exact) mass is 428 g/mol. The highest BCUT2D eigenvalue weighted by atomic mass is 19.4. The molecule has 2 N–H and O–H groups in total. The van der Waals surface area contributed by atoms with Gasteiger partial charge < -0.3 is 10.6 Å². The zero-order valence-electron chi connectivity index (χ0n) is 15.9. The standard InChI is InChI=1S/C22H16F4N4O/c23-17-5-1-3-14(9-17)15-7-8-30-19(12-27-20(30)11-15)16-4-2-6-18(10-16)29-21(31)28-13-22(24,25)26/h1-12H,13H2,(H2,28,29,31). The molecular formula is C22H16F4N4O. The molecule has 9 heteroatoms. The Morgan fingerprint density at radius 3 is 2.48 bits per heavy atom. The van der Waals surface area contributed by atoms with E-state index in [4.69, 9.17) is 0 Å². The number of imidazole rings is 1. The van der Waals surface area contributed by atoms with E-state index in [1.54, 1.807) is 54.1 Å². The third kappa shape index (κ3) is 4.82. The van der Waals surface area contributed by atoms with Crippen molar-refractivity contribution < 1.29 is 22.4 Å². The Balaban J connectivity index is 1.58. The molecule has 0 aliphatic heterocycles. The number of nitrogens with zero attached hydrogens (tertiary/aromatic N) is 2. The zero-order chi connectivity index (χ0) is 22.0. The second-order valence-electron chi connectivity index (χ2n) is 6.80. The van der Waals surface area contributed by atoms with E-state index in [2.05, 4.69) is 10.3 Å². The highest BCUT2D eigenvalue weighted by Crippen LogP contribution is 2.27. The molecule has 4 rings (SSSR count). The number of halogens is 4. The maximum absolute atomic E-state index is 13.5. The number of carbonyl (C=O) groups is 1. The van der Waals surface area contributed by atoms with E-state index < -0.39 is 18.8 Å². The van der Waals surface area contributed by atoms with Crippen LogP contribution in [-0.4, -0.2) is 28.1 Å². The fraction of sp³-hybridized carbons (Fsp3) is 0.0909.